The van der Waals surface area contributed by atoms with Gasteiger partial charge in [0.25, 0.3) is 0 Å². The Labute approximate surface area is 175 Å². The smallest absolute Gasteiger partial charge is 0.230 e. The molecule has 140 valence electrons. The number of aromatic nitrogens is 3. The van der Waals surface area contributed by atoms with Gasteiger partial charge in [0.2, 0.25) is 11.1 Å². The summed E-state index contributed by atoms with van der Waals surface area (Å²) in [6, 6.07) is 12.3. The second kappa shape index (κ2) is 8.84. The van der Waals surface area contributed by atoms with Crippen LogP contribution in [0, 0.1) is 0 Å². The first-order valence-electron chi connectivity index (χ1n) is 7.74. The molecule has 3 aromatic rings. The van der Waals surface area contributed by atoms with Crippen LogP contribution in [0.3, 0.4) is 0 Å². The van der Waals surface area contributed by atoms with E-state index in [1.54, 1.807) is 24.3 Å². The number of thioether (sulfide) groups is 1. The number of nitrogens with one attached hydrogen (secondary N) is 1. The lowest BCUT2D eigenvalue weighted by molar-refractivity contribution is -0.118. The molecule has 27 heavy (non-hydrogen) atoms. The summed E-state index contributed by atoms with van der Waals surface area (Å²) in [5.74, 6) is 6.36. The Morgan fingerprint density at radius 3 is 2.67 bits per heavy atom. The monoisotopic (exact) mass is 441 g/mol. The molecule has 0 fully saturated rings. The van der Waals surface area contributed by atoms with E-state index >= 15 is 0 Å². The van der Waals surface area contributed by atoms with Gasteiger partial charge in [-0.1, -0.05) is 64.8 Å². The molecule has 0 radical (unpaired) electrons. The van der Waals surface area contributed by atoms with Crippen LogP contribution in [0.5, 0.6) is 0 Å². The predicted molar refractivity (Wildman–Crippen MR) is 110 cm³/mol. The number of halogens is 3. The Morgan fingerprint density at radius 1 is 1.11 bits per heavy atom. The van der Waals surface area contributed by atoms with Crippen LogP contribution >= 0.6 is 46.6 Å². The van der Waals surface area contributed by atoms with Gasteiger partial charge >= 0.3 is 0 Å². The van der Waals surface area contributed by atoms with Crippen LogP contribution in [0.4, 0.5) is 0 Å². The van der Waals surface area contributed by atoms with Gasteiger partial charge in [0.05, 0.1) is 10.8 Å². The molecular formula is C17H14Cl3N5OS. The summed E-state index contributed by atoms with van der Waals surface area (Å²) < 4.78 is 1.28. The first-order chi connectivity index (χ1) is 13.0. The van der Waals surface area contributed by atoms with Crippen LogP contribution in [0.2, 0.25) is 15.1 Å². The van der Waals surface area contributed by atoms with Crippen LogP contribution in [0.25, 0.3) is 11.4 Å². The molecule has 3 N–H and O–H groups in total. The molecule has 2 aromatic carbocycles. The van der Waals surface area contributed by atoms with Gasteiger partial charge in [-0.15, -0.1) is 10.2 Å². The summed E-state index contributed by atoms with van der Waals surface area (Å²) in [6.45, 7) is 0.345. The van der Waals surface area contributed by atoms with E-state index in [-0.39, 0.29) is 11.7 Å². The number of rotatable bonds is 6. The standard InChI is InChI=1S/C17H14Cl3N5OS/c18-11-5-6-14(20)12(7-11)16-23-24-17(25(16)21)27-9-15(26)22-8-10-3-1-2-4-13(10)19/h1-7H,8-9,21H2,(H,22,26). The Morgan fingerprint density at radius 2 is 1.89 bits per heavy atom. The van der Waals surface area contributed by atoms with E-state index in [1.807, 2.05) is 18.2 Å². The second-order valence-electron chi connectivity index (χ2n) is 5.46. The van der Waals surface area contributed by atoms with Gasteiger partial charge in [0.15, 0.2) is 5.82 Å². The van der Waals surface area contributed by atoms with Crippen molar-refractivity contribution in [3.63, 3.8) is 0 Å². The van der Waals surface area contributed by atoms with Crippen molar-refractivity contribution in [3.05, 3.63) is 63.1 Å². The van der Waals surface area contributed by atoms with Crippen molar-refractivity contribution < 1.29 is 4.79 Å². The van der Waals surface area contributed by atoms with E-state index in [1.165, 1.54) is 4.68 Å². The molecule has 1 heterocycles. The fraction of sp³-hybridized carbons (Fsp3) is 0.118. The third kappa shape index (κ3) is 4.87. The largest absolute Gasteiger partial charge is 0.351 e. The second-order valence-corrected chi connectivity index (χ2v) is 7.65. The highest BCUT2D eigenvalue weighted by Crippen LogP contribution is 2.30. The first-order valence-corrected chi connectivity index (χ1v) is 9.86. The maximum atomic E-state index is 12.1. The van der Waals surface area contributed by atoms with Crippen LogP contribution in [-0.2, 0) is 11.3 Å². The fourth-order valence-corrected chi connectivity index (χ4v) is 3.51. The molecule has 1 aromatic heterocycles. The molecule has 0 atom stereocenters. The average molecular weight is 443 g/mol. The van der Waals surface area contributed by atoms with E-state index in [9.17, 15) is 4.79 Å². The molecule has 0 spiro atoms. The number of nitrogens with zero attached hydrogens (tertiary/aromatic N) is 3. The molecule has 10 heteroatoms. The topological polar surface area (TPSA) is 85.8 Å². The summed E-state index contributed by atoms with van der Waals surface area (Å²) in [5, 5.41) is 12.8. The molecule has 0 aliphatic rings. The highest BCUT2D eigenvalue weighted by molar-refractivity contribution is 7.99. The Balaban J connectivity index is 1.62. The van der Waals surface area contributed by atoms with Crippen molar-refractivity contribution in [2.45, 2.75) is 11.7 Å². The zero-order valence-corrected chi connectivity index (χ0v) is 16.9. The van der Waals surface area contributed by atoms with Crippen LogP contribution in [-0.4, -0.2) is 26.5 Å². The molecule has 0 aliphatic carbocycles. The zero-order chi connectivity index (χ0) is 19.4. The molecule has 0 unspecified atom stereocenters. The average Bonchev–Trinajstić information content (AvgIpc) is 3.02. The minimum Gasteiger partial charge on any atom is -0.351 e. The van der Waals surface area contributed by atoms with Crippen LogP contribution in [0.1, 0.15) is 5.56 Å². The number of nitrogen functional groups attached to an aromatic ring is 1. The number of amides is 1. The van der Waals surface area contributed by atoms with E-state index in [0.717, 1.165) is 17.3 Å². The lowest BCUT2D eigenvalue weighted by Crippen LogP contribution is -2.25. The first kappa shape index (κ1) is 19.8. The third-order valence-corrected chi connectivity index (χ3v) is 5.48. The van der Waals surface area contributed by atoms with Gasteiger partial charge in [-0.05, 0) is 29.8 Å². The summed E-state index contributed by atoms with van der Waals surface area (Å²) in [6.07, 6.45) is 0. The van der Waals surface area contributed by atoms with E-state index < -0.39 is 0 Å². The molecule has 0 saturated carbocycles. The molecular weight excluding hydrogens is 429 g/mol. The van der Waals surface area contributed by atoms with Crippen LogP contribution < -0.4 is 11.2 Å². The molecule has 1 amide bonds. The third-order valence-electron chi connectivity index (χ3n) is 3.60. The van der Waals surface area contributed by atoms with Crippen molar-refractivity contribution in [2.75, 3.05) is 11.6 Å². The van der Waals surface area contributed by atoms with Crippen molar-refractivity contribution in [3.8, 4) is 11.4 Å². The van der Waals surface area contributed by atoms with Gasteiger partial charge in [-0.25, -0.2) is 4.68 Å². The normalized spacial score (nSPS) is 10.8. The van der Waals surface area contributed by atoms with Crippen molar-refractivity contribution in [1.29, 1.82) is 0 Å². The van der Waals surface area contributed by atoms with E-state index in [0.29, 0.717) is 38.2 Å². The summed E-state index contributed by atoms with van der Waals surface area (Å²) in [7, 11) is 0. The van der Waals surface area contributed by atoms with Gasteiger partial charge in [0, 0.05) is 22.2 Å². The molecule has 6 nitrogen and oxygen atoms in total. The van der Waals surface area contributed by atoms with Gasteiger partial charge < -0.3 is 11.2 Å². The molecule has 0 aliphatic heterocycles. The number of nitrogens with two attached hydrogens (primary N) is 1. The van der Waals surface area contributed by atoms with E-state index in [4.69, 9.17) is 40.6 Å². The van der Waals surface area contributed by atoms with Gasteiger partial charge in [-0.2, -0.15) is 0 Å². The van der Waals surface area contributed by atoms with Crippen molar-refractivity contribution in [1.82, 2.24) is 20.2 Å². The predicted octanol–water partition coefficient (Wildman–Crippen LogP) is 4.03. The summed E-state index contributed by atoms with van der Waals surface area (Å²) >= 11 is 19.4. The quantitative estimate of drug-likeness (QED) is 0.445. The number of hydrogen-bond acceptors (Lipinski definition) is 5. The Bertz CT molecular complexity index is 979. The highest BCUT2D eigenvalue weighted by atomic mass is 35.5. The number of hydrogen-bond donors (Lipinski definition) is 2. The minimum atomic E-state index is -0.176. The summed E-state index contributed by atoms with van der Waals surface area (Å²) in [5.41, 5.74) is 1.41. The molecule has 0 bridgehead atoms. The van der Waals surface area contributed by atoms with E-state index in [2.05, 4.69) is 15.5 Å². The highest BCUT2D eigenvalue weighted by Gasteiger charge is 2.16. The van der Waals surface area contributed by atoms with Crippen molar-refractivity contribution >= 4 is 52.5 Å². The Kier molecular flexibility index (Phi) is 6.49. The maximum absolute atomic E-state index is 12.1. The SMILES string of the molecule is Nn1c(SCC(=O)NCc2ccccc2Cl)nnc1-c1cc(Cl)ccc1Cl. The molecule has 0 saturated heterocycles. The lowest BCUT2D eigenvalue weighted by Gasteiger charge is -2.07. The minimum absolute atomic E-state index is 0.128. The number of benzene rings is 2. The van der Waals surface area contributed by atoms with Gasteiger partial charge in [-0.3, -0.25) is 4.79 Å². The zero-order valence-electron chi connectivity index (χ0n) is 13.8. The Hall–Kier alpha value is -1.93. The van der Waals surface area contributed by atoms with Gasteiger partial charge in [0.1, 0.15) is 0 Å². The van der Waals surface area contributed by atoms with Crippen LogP contribution in [0.15, 0.2) is 47.6 Å². The summed E-state index contributed by atoms with van der Waals surface area (Å²) in [4.78, 5) is 12.1. The molecule has 3 rings (SSSR count). The fourth-order valence-electron chi connectivity index (χ4n) is 2.24. The lowest BCUT2D eigenvalue weighted by atomic mass is 10.2. The maximum Gasteiger partial charge on any atom is 0.230 e. The number of carbonyl (C=O) groups is 1. The number of carbonyl (C=O) groups excluding carboxylic acids is 1. The van der Waals surface area contributed by atoms with Crippen molar-refractivity contribution in [2.24, 2.45) is 0 Å².